The number of nitrogens with zero attached hydrogens (tertiary/aromatic N) is 4. The lowest BCUT2D eigenvalue weighted by molar-refractivity contribution is 0.114. The van der Waals surface area contributed by atoms with Gasteiger partial charge in [-0.15, -0.1) is 0 Å². The molecule has 1 aliphatic rings. The third-order valence-electron chi connectivity index (χ3n) is 5.23. The molecule has 0 aliphatic carbocycles. The zero-order valence-corrected chi connectivity index (χ0v) is 17.5. The van der Waals surface area contributed by atoms with Crippen LogP contribution < -0.4 is 15.4 Å². The molecule has 1 fully saturated rings. The molecule has 4 rings (SSSR count). The van der Waals surface area contributed by atoms with Crippen molar-refractivity contribution in [1.82, 2.24) is 14.8 Å². The summed E-state index contributed by atoms with van der Waals surface area (Å²) in [4.78, 5) is 7.29. The Kier molecular flexibility index (Phi) is 6.17. The van der Waals surface area contributed by atoms with Gasteiger partial charge < -0.3 is 25.2 Å². The normalized spacial score (nSPS) is 15.7. The van der Waals surface area contributed by atoms with Gasteiger partial charge in [0, 0.05) is 31.2 Å². The highest BCUT2D eigenvalue weighted by atomic mass is 16.5. The van der Waals surface area contributed by atoms with Crippen molar-refractivity contribution in [2.45, 2.75) is 26.0 Å². The molecule has 0 radical (unpaired) electrons. The molecular formula is C22H29N5O3. The van der Waals surface area contributed by atoms with Crippen LogP contribution in [0.25, 0.3) is 22.3 Å². The molecule has 8 heteroatoms. The average Bonchev–Trinajstić information content (AvgIpc) is 3.22. The van der Waals surface area contributed by atoms with Crippen molar-refractivity contribution in [3.05, 3.63) is 36.5 Å². The molecular weight excluding hydrogens is 382 g/mol. The second-order valence-electron chi connectivity index (χ2n) is 7.77. The van der Waals surface area contributed by atoms with Crippen molar-refractivity contribution in [2.24, 2.45) is 5.73 Å². The van der Waals surface area contributed by atoms with Crippen LogP contribution in [-0.2, 0) is 4.74 Å². The lowest BCUT2D eigenvalue weighted by Crippen LogP contribution is -2.36. The number of nitrogens with two attached hydrogens (primary N) is 1. The van der Waals surface area contributed by atoms with E-state index in [0.29, 0.717) is 19.0 Å². The van der Waals surface area contributed by atoms with Crippen LogP contribution in [0, 0.1) is 0 Å². The second kappa shape index (κ2) is 8.99. The molecule has 3 aromatic rings. The minimum absolute atomic E-state index is 0.158. The van der Waals surface area contributed by atoms with Crippen LogP contribution in [0.2, 0.25) is 0 Å². The number of anilines is 1. The van der Waals surface area contributed by atoms with Gasteiger partial charge in [0.1, 0.15) is 18.5 Å². The molecule has 30 heavy (non-hydrogen) atoms. The van der Waals surface area contributed by atoms with Crippen LogP contribution in [0.5, 0.6) is 5.75 Å². The fraction of sp³-hybridized carbons (Fsp3) is 0.455. The fourth-order valence-corrected chi connectivity index (χ4v) is 3.60. The quantitative estimate of drug-likeness (QED) is 0.615. The van der Waals surface area contributed by atoms with Crippen LogP contribution in [0.4, 0.5) is 5.69 Å². The molecule has 1 atom stereocenters. The second-order valence-corrected chi connectivity index (χ2v) is 7.77. The summed E-state index contributed by atoms with van der Waals surface area (Å²) in [7, 11) is 0. The number of rotatable bonds is 7. The molecule has 1 aliphatic heterocycles. The van der Waals surface area contributed by atoms with E-state index in [9.17, 15) is 5.11 Å². The van der Waals surface area contributed by atoms with Crippen molar-refractivity contribution >= 4 is 16.7 Å². The van der Waals surface area contributed by atoms with E-state index in [1.165, 1.54) is 0 Å². The Balaban J connectivity index is 1.76. The first-order valence-corrected chi connectivity index (χ1v) is 10.4. The van der Waals surface area contributed by atoms with E-state index in [1.807, 2.05) is 35.1 Å². The van der Waals surface area contributed by atoms with Crippen LogP contribution in [0.3, 0.4) is 0 Å². The molecule has 3 N–H and O–H groups in total. The summed E-state index contributed by atoms with van der Waals surface area (Å²) in [5.74, 6) is 0.673. The van der Waals surface area contributed by atoms with Gasteiger partial charge in [-0.1, -0.05) is 12.1 Å². The van der Waals surface area contributed by atoms with E-state index in [1.54, 1.807) is 0 Å². The molecule has 0 spiro atoms. The molecule has 3 heterocycles. The summed E-state index contributed by atoms with van der Waals surface area (Å²) in [6.45, 7) is 7.63. The molecule has 8 nitrogen and oxygen atoms in total. The summed E-state index contributed by atoms with van der Waals surface area (Å²) in [5, 5.41) is 15.3. The van der Waals surface area contributed by atoms with Crippen LogP contribution >= 0.6 is 0 Å². The van der Waals surface area contributed by atoms with Gasteiger partial charge in [0.15, 0.2) is 5.65 Å². The SMILES string of the molecule is CC(C)n1ncc2c(N3CCOCC3)cc(-c3cccc(OC[C@@H](O)CN)c3)nc21. The molecule has 1 saturated heterocycles. The minimum atomic E-state index is -0.684. The first kappa shape index (κ1) is 20.6. The van der Waals surface area contributed by atoms with E-state index in [0.717, 1.165) is 41.1 Å². The monoisotopic (exact) mass is 411 g/mol. The minimum Gasteiger partial charge on any atom is -0.491 e. The Morgan fingerprint density at radius 2 is 2.03 bits per heavy atom. The number of pyridine rings is 1. The summed E-state index contributed by atoms with van der Waals surface area (Å²) in [5.41, 5.74) is 9.26. The lowest BCUT2D eigenvalue weighted by atomic mass is 10.1. The van der Waals surface area contributed by atoms with Gasteiger partial charge in [0.2, 0.25) is 0 Å². The Morgan fingerprint density at radius 1 is 1.23 bits per heavy atom. The Hall–Kier alpha value is -2.68. The molecule has 0 unspecified atom stereocenters. The van der Waals surface area contributed by atoms with Crippen LogP contribution in [0.15, 0.2) is 36.5 Å². The predicted molar refractivity (Wildman–Crippen MR) is 117 cm³/mol. The maximum atomic E-state index is 9.68. The third-order valence-corrected chi connectivity index (χ3v) is 5.23. The van der Waals surface area contributed by atoms with Gasteiger partial charge in [-0.2, -0.15) is 5.10 Å². The number of benzene rings is 1. The Bertz CT molecular complexity index is 998. The molecule has 0 bridgehead atoms. The van der Waals surface area contributed by atoms with Gasteiger partial charge in [-0.3, -0.25) is 0 Å². The summed E-state index contributed by atoms with van der Waals surface area (Å²) < 4.78 is 13.2. The number of aromatic nitrogens is 3. The van der Waals surface area contributed by atoms with Gasteiger partial charge >= 0.3 is 0 Å². The molecule has 0 amide bonds. The predicted octanol–water partition coefficient (Wildman–Crippen LogP) is 2.21. The van der Waals surface area contributed by atoms with Crippen molar-refractivity contribution in [3.8, 4) is 17.0 Å². The van der Waals surface area contributed by atoms with E-state index < -0.39 is 6.10 Å². The van der Waals surface area contributed by atoms with Crippen molar-refractivity contribution < 1.29 is 14.6 Å². The maximum Gasteiger partial charge on any atom is 0.160 e. The summed E-state index contributed by atoms with van der Waals surface area (Å²) in [6, 6.07) is 10.1. The number of morpholine rings is 1. The highest BCUT2D eigenvalue weighted by Gasteiger charge is 2.20. The average molecular weight is 412 g/mol. The van der Waals surface area contributed by atoms with Crippen molar-refractivity contribution in [3.63, 3.8) is 0 Å². The molecule has 1 aromatic carbocycles. The number of aliphatic hydroxyl groups excluding tert-OH is 1. The fourth-order valence-electron chi connectivity index (χ4n) is 3.60. The van der Waals surface area contributed by atoms with Crippen LogP contribution in [0.1, 0.15) is 19.9 Å². The summed E-state index contributed by atoms with van der Waals surface area (Å²) in [6.07, 6.45) is 1.22. The zero-order chi connectivity index (χ0) is 21.1. The van der Waals surface area contributed by atoms with E-state index in [4.69, 9.17) is 20.2 Å². The van der Waals surface area contributed by atoms with Gasteiger partial charge in [0.25, 0.3) is 0 Å². The molecule has 0 saturated carbocycles. The number of ether oxygens (including phenoxy) is 2. The zero-order valence-electron chi connectivity index (χ0n) is 17.5. The molecule has 2 aromatic heterocycles. The number of hydrogen-bond acceptors (Lipinski definition) is 7. The highest BCUT2D eigenvalue weighted by Crippen LogP contribution is 2.33. The molecule has 160 valence electrons. The Morgan fingerprint density at radius 3 is 2.77 bits per heavy atom. The van der Waals surface area contributed by atoms with E-state index in [2.05, 4.69) is 29.9 Å². The Labute approximate surface area is 176 Å². The number of aliphatic hydroxyl groups is 1. The van der Waals surface area contributed by atoms with E-state index in [-0.39, 0.29) is 19.2 Å². The van der Waals surface area contributed by atoms with E-state index >= 15 is 0 Å². The van der Waals surface area contributed by atoms with Crippen molar-refractivity contribution in [2.75, 3.05) is 44.4 Å². The van der Waals surface area contributed by atoms with Gasteiger partial charge in [0.05, 0.1) is 36.2 Å². The topological polar surface area (TPSA) is 98.7 Å². The third kappa shape index (κ3) is 4.26. The standard InChI is InChI=1S/C22H29N5O3/c1-15(2)27-22-19(13-24-27)21(26-6-8-29-9-7-26)11-20(25-22)16-4-3-5-18(10-16)30-14-17(28)12-23/h3-5,10-11,13,15,17,28H,6-9,12,14,23H2,1-2H3/t17-/m0/s1. The van der Waals surface area contributed by atoms with Crippen molar-refractivity contribution in [1.29, 1.82) is 0 Å². The van der Waals surface area contributed by atoms with Crippen LogP contribution in [-0.4, -0.2) is 65.4 Å². The summed E-state index contributed by atoms with van der Waals surface area (Å²) >= 11 is 0. The first-order valence-electron chi connectivity index (χ1n) is 10.4. The van der Waals surface area contributed by atoms with Gasteiger partial charge in [-0.05, 0) is 32.0 Å². The lowest BCUT2D eigenvalue weighted by Gasteiger charge is -2.29. The van der Waals surface area contributed by atoms with Gasteiger partial charge in [-0.25, -0.2) is 9.67 Å². The number of hydrogen-bond donors (Lipinski definition) is 2. The smallest absolute Gasteiger partial charge is 0.160 e. The maximum absolute atomic E-state index is 9.68. The first-order chi connectivity index (χ1) is 14.6. The number of fused-ring (bicyclic) bond motifs is 1. The highest BCUT2D eigenvalue weighted by molar-refractivity contribution is 5.92. The largest absolute Gasteiger partial charge is 0.491 e.